The fourth-order valence-electron chi connectivity index (χ4n) is 3.44. The quantitative estimate of drug-likeness (QED) is 0.336. The van der Waals surface area contributed by atoms with Gasteiger partial charge < -0.3 is 10.3 Å². The van der Waals surface area contributed by atoms with Crippen LogP contribution in [0.15, 0.2) is 71.9 Å². The molecule has 0 unspecified atom stereocenters. The number of carboxylic acids is 1. The molecule has 3 aromatic rings. The molecule has 1 aliphatic carbocycles. The smallest absolute Gasteiger partial charge is 0.336 e. The largest absolute Gasteiger partial charge is 0.478 e. The minimum Gasteiger partial charge on any atom is -0.478 e. The lowest BCUT2D eigenvalue weighted by atomic mass is 9.95. The number of benzene rings is 3. The van der Waals surface area contributed by atoms with Gasteiger partial charge in [0.25, 0.3) is 0 Å². The summed E-state index contributed by atoms with van der Waals surface area (Å²) < 4.78 is 0. The summed E-state index contributed by atoms with van der Waals surface area (Å²) in [5.41, 5.74) is 6.27. The van der Waals surface area contributed by atoms with Crippen LogP contribution in [-0.4, -0.2) is 22.0 Å². The SMILES string of the molecule is O=C(O)c1ccccc1/C(=N\O)c1ccc2c(c1)Cc1ccccc1-2. The summed E-state index contributed by atoms with van der Waals surface area (Å²) >= 11 is 0. The summed E-state index contributed by atoms with van der Waals surface area (Å²) in [6.07, 6.45) is 0.818. The maximum Gasteiger partial charge on any atom is 0.336 e. The summed E-state index contributed by atoms with van der Waals surface area (Å²) in [5, 5.41) is 22.3. The first-order valence-electron chi connectivity index (χ1n) is 7.95. The van der Waals surface area contributed by atoms with Gasteiger partial charge in [-0.2, -0.15) is 0 Å². The van der Waals surface area contributed by atoms with Gasteiger partial charge in [-0.25, -0.2) is 4.79 Å². The Bertz CT molecular complexity index is 1020. The molecule has 0 bridgehead atoms. The highest BCUT2D eigenvalue weighted by Gasteiger charge is 2.21. The van der Waals surface area contributed by atoms with Crippen LogP contribution in [0.5, 0.6) is 0 Å². The number of oxime groups is 1. The van der Waals surface area contributed by atoms with E-state index in [0.29, 0.717) is 11.1 Å². The van der Waals surface area contributed by atoms with Gasteiger partial charge >= 0.3 is 5.97 Å². The maximum absolute atomic E-state index is 11.5. The van der Waals surface area contributed by atoms with Gasteiger partial charge in [0.15, 0.2) is 0 Å². The zero-order valence-corrected chi connectivity index (χ0v) is 13.3. The molecule has 0 spiro atoms. The van der Waals surface area contributed by atoms with E-state index < -0.39 is 5.97 Å². The normalized spacial score (nSPS) is 12.6. The second kappa shape index (κ2) is 5.91. The molecule has 122 valence electrons. The number of aromatic carboxylic acids is 1. The molecule has 25 heavy (non-hydrogen) atoms. The molecule has 0 saturated carbocycles. The van der Waals surface area contributed by atoms with Gasteiger partial charge in [0.05, 0.1) is 5.56 Å². The average Bonchev–Trinajstić information content (AvgIpc) is 3.00. The van der Waals surface area contributed by atoms with Crippen molar-refractivity contribution in [2.45, 2.75) is 6.42 Å². The Balaban J connectivity index is 1.81. The van der Waals surface area contributed by atoms with Crippen LogP contribution in [0.25, 0.3) is 11.1 Å². The van der Waals surface area contributed by atoms with Crippen LogP contribution in [0.1, 0.15) is 32.6 Å². The lowest BCUT2D eigenvalue weighted by Gasteiger charge is -2.10. The molecule has 0 aliphatic heterocycles. The second-order valence-electron chi connectivity index (χ2n) is 6.01. The number of nitrogens with zero attached hydrogens (tertiary/aromatic N) is 1. The van der Waals surface area contributed by atoms with Crippen molar-refractivity contribution in [3.05, 3.63) is 94.5 Å². The molecule has 0 aromatic heterocycles. The number of carbonyl (C=O) groups is 1. The number of hydrogen-bond donors (Lipinski definition) is 2. The Morgan fingerprint density at radius 3 is 2.28 bits per heavy atom. The maximum atomic E-state index is 11.5. The highest BCUT2D eigenvalue weighted by molar-refractivity contribution is 6.17. The van der Waals surface area contributed by atoms with Crippen LogP contribution in [0, 0.1) is 0 Å². The highest BCUT2D eigenvalue weighted by Crippen LogP contribution is 2.37. The Morgan fingerprint density at radius 1 is 0.840 bits per heavy atom. The van der Waals surface area contributed by atoms with Crippen molar-refractivity contribution in [2.75, 3.05) is 0 Å². The second-order valence-corrected chi connectivity index (χ2v) is 6.01. The van der Waals surface area contributed by atoms with Crippen LogP contribution >= 0.6 is 0 Å². The Hall–Kier alpha value is -3.40. The van der Waals surface area contributed by atoms with E-state index in [-0.39, 0.29) is 11.3 Å². The molecular weight excluding hydrogens is 314 g/mol. The molecule has 2 N–H and O–H groups in total. The summed E-state index contributed by atoms with van der Waals surface area (Å²) in [6, 6.07) is 20.6. The third-order valence-corrected chi connectivity index (χ3v) is 4.58. The van der Waals surface area contributed by atoms with E-state index in [9.17, 15) is 15.1 Å². The number of fused-ring (bicyclic) bond motifs is 3. The summed E-state index contributed by atoms with van der Waals surface area (Å²) in [6.45, 7) is 0. The van der Waals surface area contributed by atoms with Crippen molar-refractivity contribution in [2.24, 2.45) is 5.16 Å². The van der Waals surface area contributed by atoms with Crippen molar-refractivity contribution in [1.29, 1.82) is 0 Å². The molecule has 4 rings (SSSR count). The molecule has 0 amide bonds. The predicted octanol–water partition coefficient (Wildman–Crippen LogP) is 4.18. The predicted molar refractivity (Wildman–Crippen MR) is 95.5 cm³/mol. The van der Waals surface area contributed by atoms with Crippen LogP contribution in [0.4, 0.5) is 0 Å². The first kappa shape index (κ1) is 15.1. The standard InChI is InChI=1S/C21H15NO3/c23-21(24)19-8-4-3-7-18(19)20(22-25)14-9-10-17-15(12-14)11-13-5-1-2-6-16(13)17/h1-10,12,25H,11H2,(H,23,24)/b22-20-. The lowest BCUT2D eigenvalue weighted by molar-refractivity contribution is 0.0696. The van der Waals surface area contributed by atoms with Crippen molar-refractivity contribution in [3.63, 3.8) is 0 Å². The summed E-state index contributed by atoms with van der Waals surface area (Å²) in [7, 11) is 0. The fourth-order valence-corrected chi connectivity index (χ4v) is 3.44. The first-order valence-corrected chi connectivity index (χ1v) is 7.95. The van der Waals surface area contributed by atoms with E-state index >= 15 is 0 Å². The molecule has 1 aliphatic rings. The highest BCUT2D eigenvalue weighted by atomic mass is 16.4. The Labute approximate surface area is 144 Å². The van der Waals surface area contributed by atoms with Crippen LogP contribution in [0.2, 0.25) is 0 Å². The number of hydrogen-bond acceptors (Lipinski definition) is 3. The van der Waals surface area contributed by atoms with E-state index in [1.807, 2.05) is 30.3 Å². The molecule has 0 heterocycles. The van der Waals surface area contributed by atoms with Crippen molar-refractivity contribution in [1.82, 2.24) is 0 Å². The fraction of sp³-hybridized carbons (Fsp3) is 0.0476. The minimum atomic E-state index is -1.05. The molecule has 0 radical (unpaired) electrons. The summed E-state index contributed by atoms with van der Waals surface area (Å²) in [5.74, 6) is -1.05. The van der Waals surface area contributed by atoms with Gasteiger partial charge in [-0.05, 0) is 40.8 Å². The molecular formula is C21H15NO3. The molecule has 4 nitrogen and oxygen atoms in total. The van der Waals surface area contributed by atoms with Gasteiger partial charge in [0.2, 0.25) is 0 Å². The zero-order chi connectivity index (χ0) is 17.4. The first-order chi connectivity index (χ1) is 12.2. The third-order valence-electron chi connectivity index (χ3n) is 4.58. The van der Waals surface area contributed by atoms with E-state index in [4.69, 9.17) is 0 Å². The van der Waals surface area contributed by atoms with Crippen molar-refractivity contribution in [3.8, 4) is 11.1 Å². The van der Waals surface area contributed by atoms with Gasteiger partial charge in [-0.3, -0.25) is 0 Å². The van der Waals surface area contributed by atoms with Crippen molar-refractivity contribution >= 4 is 11.7 Å². The summed E-state index contributed by atoms with van der Waals surface area (Å²) in [4.78, 5) is 11.5. The van der Waals surface area contributed by atoms with E-state index in [1.54, 1.807) is 18.2 Å². The zero-order valence-electron chi connectivity index (χ0n) is 13.3. The van der Waals surface area contributed by atoms with Crippen molar-refractivity contribution < 1.29 is 15.1 Å². The molecule has 4 heteroatoms. The number of carboxylic acid groups (broad SMARTS) is 1. The van der Waals surface area contributed by atoms with Gasteiger partial charge in [0.1, 0.15) is 5.71 Å². The van der Waals surface area contributed by atoms with Gasteiger partial charge in [-0.15, -0.1) is 0 Å². The molecule has 0 atom stereocenters. The monoisotopic (exact) mass is 329 g/mol. The Kier molecular flexibility index (Phi) is 3.58. The van der Waals surface area contributed by atoms with Crippen LogP contribution in [0.3, 0.4) is 0 Å². The topological polar surface area (TPSA) is 69.9 Å². The van der Waals surface area contributed by atoms with Gasteiger partial charge in [0, 0.05) is 11.1 Å². The molecule has 0 saturated heterocycles. The van der Waals surface area contributed by atoms with Crippen LogP contribution in [-0.2, 0) is 6.42 Å². The lowest BCUT2D eigenvalue weighted by Crippen LogP contribution is -2.11. The van der Waals surface area contributed by atoms with Crippen LogP contribution < -0.4 is 0 Å². The third kappa shape index (κ3) is 2.48. The molecule has 0 fully saturated rings. The molecule has 3 aromatic carbocycles. The van der Waals surface area contributed by atoms with E-state index in [2.05, 4.69) is 17.3 Å². The van der Waals surface area contributed by atoms with E-state index in [1.165, 1.54) is 22.8 Å². The average molecular weight is 329 g/mol. The number of rotatable bonds is 3. The van der Waals surface area contributed by atoms with E-state index in [0.717, 1.165) is 12.0 Å². The Morgan fingerprint density at radius 2 is 1.52 bits per heavy atom. The van der Waals surface area contributed by atoms with Gasteiger partial charge in [-0.1, -0.05) is 59.8 Å². The minimum absolute atomic E-state index is 0.110.